The summed E-state index contributed by atoms with van der Waals surface area (Å²) < 4.78 is 11.5. The van der Waals surface area contributed by atoms with Crippen molar-refractivity contribution in [3.63, 3.8) is 0 Å². The molecule has 0 aliphatic heterocycles. The van der Waals surface area contributed by atoms with Crippen LogP contribution in [0.4, 0.5) is 0 Å². The zero-order valence-corrected chi connectivity index (χ0v) is 26.4. The number of aryl methyl sites for hydroxylation is 2. The molecule has 1 heterocycles. The molecular formula is C35H46ClNO4. The van der Waals surface area contributed by atoms with E-state index in [0.717, 1.165) is 43.6 Å². The van der Waals surface area contributed by atoms with Gasteiger partial charge in [0.1, 0.15) is 11.3 Å². The molecule has 0 amide bonds. The molecule has 0 spiro atoms. The van der Waals surface area contributed by atoms with Gasteiger partial charge in [-0.15, -0.1) is 0 Å². The Morgan fingerprint density at radius 1 is 0.976 bits per heavy atom. The standard InChI is InChI=1S/C35H46ClNO4/c1-7-10-15-32-33(29-22-26(16-17-31(29)41-32)35(39)40-24(4)5)34(38)27-21-25(6)28(30(36)23-27)14-13-20-37(18-11-8-2)19-12-9-3/h13-14,16-17,21-24H,7-12,15,18-20H2,1-6H3/b14-13+. The summed E-state index contributed by atoms with van der Waals surface area (Å²) in [7, 11) is 0. The molecule has 5 nitrogen and oxygen atoms in total. The predicted molar refractivity (Wildman–Crippen MR) is 170 cm³/mol. The van der Waals surface area contributed by atoms with Gasteiger partial charge in [-0.3, -0.25) is 9.69 Å². The quantitative estimate of drug-likeness (QED) is 0.125. The number of halogens is 1. The van der Waals surface area contributed by atoms with Crippen molar-refractivity contribution < 1.29 is 18.7 Å². The maximum atomic E-state index is 14.0. The van der Waals surface area contributed by atoms with Gasteiger partial charge in [0.05, 0.1) is 17.2 Å². The molecule has 1 aromatic heterocycles. The van der Waals surface area contributed by atoms with Gasteiger partial charge >= 0.3 is 5.97 Å². The van der Waals surface area contributed by atoms with E-state index in [2.05, 4.69) is 37.8 Å². The van der Waals surface area contributed by atoms with Gasteiger partial charge in [-0.25, -0.2) is 4.79 Å². The number of ketones is 1. The van der Waals surface area contributed by atoms with Gasteiger partial charge in [-0.1, -0.05) is 63.8 Å². The first-order valence-electron chi connectivity index (χ1n) is 15.2. The molecule has 0 saturated carbocycles. The molecule has 41 heavy (non-hydrogen) atoms. The number of fused-ring (bicyclic) bond motifs is 1. The summed E-state index contributed by atoms with van der Waals surface area (Å²) in [6.45, 7) is 15.2. The third-order valence-corrected chi connectivity index (χ3v) is 7.54. The topological polar surface area (TPSA) is 59.8 Å². The smallest absolute Gasteiger partial charge is 0.338 e. The monoisotopic (exact) mass is 579 g/mol. The molecule has 0 unspecified atom stereocenters. The molecule has 0 aliphatic rings. The number of unbranched alkanes of at least 4 members (excludes halogenated alkanes) is 3. The molecule has 0 radical (unpaired) electrons. The molecule has 222 valence electrons. The zero-order valence-electron chi connectivity index (χ0n) is 25.6. The van der Waals surface area contributed by atoms with Gasteiger partial charge in [0.25, 0.3) is 0 Å². The van der Waals surface area contributed by atoms with Crippen molar-refractivity contribution in [3.05, 3.63) is 75.0 Å². The molecular weight excluding hydrogens is 534 g/mol. The first-order valence-corrected chi connectivity index (χ1v) is 15.6. The fourth-order valence-corrected chi connectivity index (χ4v) is 5.27. The van der Waals surface area contributed by atoms with E-state index in [1.165, 1.54) is 25.7 Å². The number of ether oxygens (including phenoxy) is 1. The van der Waals surface area contributed by atoms with Gasteiger partial charge in [0.2, 0.25) is 0 Å². The van der Waals surface area contributed by atoms with Crippen LogP contribution in [0.2, 0.25) is 5.02 Å². The second-order valence-electron chi connectivity index (χ2n) is 11.1. The van der Waals surface area contributed by atoms with Crippen molar-refractivity contribution in [1.29, 1.82) is 0 Å². The maximum Gasteiger partial charge on any atom is 0.338 e. The Balaban J connectivity index is 1.94. The van der Waals surface area contributed by atoms with Gasteiger partial charge in [-0.05, 0) is 94.6 Å². The number of rotatable bonds is 16. The van der Waals surface area contributed by atoms with E-state index in [-0.39, 0.29) is 11.9 Å². The molecule has 0 saturated heterocycles. The van der Waals surface area contributed by atoms with Crippen molar-refractivity contribution in [2.24, 2.45) is 0 Å². The van der Waals surface area contributed by atoms with E-state index in [4.69, 9.17) is 20.8 Å². The lowest BCUT2D eigenvalue weighted by molar-refractivity contribution is 0.0378. The number of hydrogen-bond donors (Lipinski definition) is 0. The largest absolute Gasteiger partial charge is 0.460 e. The van der Waals surface area contributed by atoms with E-state index in [1.807, 2.05) is 26.8 Å². The number of carbonyl (C=O) groups is 2. The minimum Gasteiger partial charge on any atom is -0.460 e. The van der Waals surface area contributed by atoms with E-state index >= 15 is 0 Å². The second kappa shape index (κ2) is 15.9. The molecule has 0 aliphatic carbocycles. The van der Waals surface area contributed by atoms with Crippen LogP contribution in [0.25, 0.3) is 17.0 Å². The van der Waals surface area contributed by atoms with Gasteiger partial charge in [0.15, 0.2) is 5.78 Å². The Hall–Kier alpha value is -2.89. The SMILES string of the molecule is CCCCc1oc2ccc(C(=O)OC(C)C)cc2c1C(=O)c1cc(C)c(/C=C/CN(CCCC)CCCC)c(Cl)c1. The number of esters is 1. The zero-order chi connectivity index (χ0) is 29.9. The van der Waals surface area contributed by atoms with Crippen LogP contribution in [0.15, 0.2) is 40.8 Å². The number of hydrogen-bond acceptors (Lipinski definition) is 5. The summed E-state index contributed by atoms with van der Waals surface area (Å²) in [5.41, 5.74) is 3.84. The van der Waals surface area contributed by atoms with Crippen LogP contribution in [0.3, 0.4) is 0 Å². The highest BCUT2D eigenvalue weighted by Crippen LogP contribution is 2.32. The van der Waals surface area contributed by atoms with E-state index < -0.39 is 5.97 Å². The van der Waals surface area contributed by atoms with Crippen LogP contribution in [-0.2, 0) is 11.2 Å². The van der Waals surface area contributed by atoms with Gasteiger partial charge in [-0.2, -0.15) is 0 Å². The second-order valence-corrected chi connectivity index (χ2v) is 11.5. The first-order chi connectivity index (χ1) is 19.7. The Kier molecular flexibility index (Phi) is 12.7. The molecule has 2 aromatic carbocycles. The highest BCUT2D eigenvalue weighted by atomic mass is 35.5. The lowest BCUT2D eigenvalue weighted by atomic mass is 9.95. The average Bonchev–Trinajstić information content (AvgIpc) is 3.30. The van der Waals surface area contributed by atoms with E-state index in [9.17, 15) is 9.59 Å². The molecule has 0 fully saturated rings. The number of furan rings is 1. The number of benzene rings is 2. The van der Waals surface area contributed by atoms with Crippen molar-refractivity contribution in [2.75, 3.05) is 19.6 Å². The minimum absolute atomic E-state index is 0.157. The summed E-state index contributed by atoms with van der Waals surface area (Å²) in [5, 5.41) is 1.17. The fourth-order valence-electron chi connectivity index (χ4n) is 4.94. The summed E-state index contributed by atoms with van der Waals surface area (Å²) >= 11 is 6.78. The van der Waals surface area contributed by atoms with E-state index in [0.29, 0.717) is 44.9 Å². The summed E-state index contributed by atoms with van der Waals surface area (Å²) in [6.07, 6.45) is 11.2. The van der Waals surface area contributed by atoms with Crippen LogP contribution in [0, 0.1) is 6.92 Å². The third kappa shape index (κ3) is 8.80. The predicted octanol–water partition coefficient (Wildman–Crippen LogP) is 9.45. The lowest BCUT2D eigenvalue weighted by Gasteiger charge is -2.20. The first kappa shape index (κ1) is 32.6. The Bertz CT molecular complexity index is 1320. The van der Waals surface area contributed by atoms with Crippen LogP contribution < -0.4 is 0 Å². The lowest BCUT2D eigenvalue weighted by Crippen LogP contribution is -2.26. The Morgan fingerprint density at radius 2 is 1.66 bits per heavy atom. The Morgan fingerprint density at radius 3 is 2.27 bits per heavy atom. The van der Waals surface area contributed by atoms with Crippen LogP contribution >= 0.6 is 11.6 Å². The maximum absolute atomic E-state index is 14.0. The number of nitrogens with zero attached hydrogens (tertiary/aromatic N) is 1. The van der Waals surface area contributed by atoms with Gasteiger partial charge in [0, 0.05) is 28.9 Å². The van der Waals surface area contributed by atoms with Crippen LogP contribution in [-0.4, -0.2) is 42.4 Å². The van der Waals surface area contributed by atoms with Crippen LogP contribution in [0.1, 0.15) is 116 Å². The molecule has 6 heteroatoms. The molecule has 3 rings (SSSR count). The van der Waals surface area contributed by atoms with E-state index in [1.54, 1.807) is 24.3 Å². The minimum atomic E-state index is -0.422. The Labute approximate surface area is 250 Å². The third-order valence-electron chi connectivity index (χ3n) is 7.23. The highest BCUT2D eigenvalue weighted by molar-refractivity contribution is 6.33. The molecule has 0 bridgehead atoms. The molecule has 3 aromatic rings. The summed E-state index contributed by atoms with van der Waals surface area (Å²) in [5.74, 6) is 0.0582. The van der Waals surface area contributed by atoms with Gasteiger partial charge < -0.3 is 9.15 Å². The summed E-state index contributed by atoms with van der Waals surface area (Å²) in [6, 6.07) is 8.79. The van der Waals surface area contributed by atoms with Crippen molar-refractivity contribution in [3.8, 4) is 0 Å². The van der Waals surface area contributed by atoms with Crippen molar-refractivity contribution in [2.45, 2.75) is 92.6 Å². The molecule has 0 N–H and O–H groups in total. The van der Waals surface area contributed by atoms with Crippen molar-refractivity contribution in [1.82, 2.24) is 4.90 Å². The normalized spacial score (nSPS) is 11.8. The fraction of sp³-hybridized carbons (Fsp3) is 0.486. The number of carbonyl (C=O) groups excluding carboxylic acids is 2. The average molecular weight is 580 g/mol. The van der Waals surface area contributed by atoms with Crippen LogP contribution in [0.5, 0.6) is 0 Å². The molecule has 0 atom stereocenters. The highest BCUT2D eigenvalue weighted by Gasteiger charge is 2.24. The van der Waals surface area contributed by atoms with Crippen molar-refractivity contribution >= 4 is 40.4 Å². The summed E-state index contributed by atoms with van der Waals surface area (Å²) in [4.78, 5) is 29.1.